The number of aliphatic hydroxyl groups is 1. The molecule has 4 nitrogen and oxygen atoms in total. The minimum Gasteiger partial charge on any atom is -0.461 e. The number of ether oxygens (including phenoxy) is 1. The first kappa shape index (κ1) is 10.7. The molecule has 14 heavy (non-hydrogen) atoms. The van der Waals surface area contributed by atoms with Crippen molar-refractivity contribution < 1.29 is 14.6 Å². The van der Waals surface area contributed by atoms with Crippen molar-refractivity contribution in [1.29, 1.82) is 0 Å². The molecule has 0 fully saturated rings. The molecule has 0 bridgehead atoms. The van der Waals surface area contributed by atoms with Crippen molar-refractivity contribution in [2.45, 2.75) is 26.1 Å². The van der Waals surface area contributed by atoms with Crippen LogP contribution in [0.1, 0.15) is 25.5 Å². The number of carbonyl (C=O) groups excluding carboxylic acids is 1. The summed E-state index contributed by atoms with van der Waals surface area (Å²) in [6.45, 7) is 3.46. The number of carbonyl (C=O) groups is 1. The van der Waals surface area contributed by atoms with Gasteiger partial charge in [-0.2, -0.15) is 0 Å². The number of nitrogens with zero attached hydrogens (tertiary/aromatic N) is 1. The molecule has 1 aromatic heterocycles. The lowest BCUT2D eigenvalue weighted by atomic mass is 10.2. The van der Waals surface area contributed by atoms with Crippen LogP contribution in [0.3, 0.4) is 0 Å². The summed E-state index contributed by atoms with van der Waals surface area (Å²) in [6.07, 6.45) is 1.54. The topological polar surface area (TPSA) is 59.4 Å². The molecule has 1 atom stereocenters. The average molecular weight is 195 g/mol. The lowest BCUT2D eigenvalue weighted by molar-refractivity contribution is -0.157. The van der Waals surface area contributed by atoms with E-state index in [-0.39, 0.29) is 6.10 Å². The van der Waals surface area contributed by atoms with Crippen LogP contribution in [0.25, 0.3) is 0 Å². The molecule has 1 heterocycles. The first-order valence-electron chi connectivity index (χ1n) is 4.39. The zero-order valence-corrected chi connectivity index (χ0v) is 8.18. The average Bonchev–Trinajstić information content (AvgIpc) is 2.17. The van der Waals surface area contributed by atoms with Crippen LogP contribution in [0.5, 0.6) is 0 Å². The number of aromatic nitrogens is 1. The van der Waals surface area contributed by atoms with Gasteiger partial charge in [0.2, 0.25) is 0 Å². The van der Waals surface area contributed by atoms with Crippen molar-refractivity contribution in [2.75, 3.05) is 0 Å². The second-order valence-corrected chi connectivity index (χ2v) is 3.17. The summed E-state index contributed by atoms with van der Waals surface area (Å²) >= 11 is 0. The van der Waals surface area contributed by atoms with Gasteiger partial charge in [-0.3, -0.25) is 4.98 Å². The molecule has 0 aliphatic heterocycles. The van der Waals surface area contributed by atoms with Crippen molar-refractivity contribution in [3.8, 4) is 0 Å². The van der Waals surface area contributed by atoms with Crippen molar-refractivity contribution >= 4 is 5.97 Å². The highest BCUT2D eigenvalue weighted by Gasteiger charge is 2.19. The lowest BCUT2D eigenvalue weighted by Gasteiger charge is -2.12. The van der Waals surface area contributed by atoms with E-state index in [2.05, 4.69) is 4.98 Å². The predicted octanol–water partition coefficient (Wildman–Crippen LogP) is 1.07. The Morgan fingerprint density at radius 3 is 2.79 bits per heavy atom. The van der Waals surface area contributed by atoms with Crippen LogP contribution in [-0.4, -0.2) is 22.2 Å². The van der Waals surface area contributed by atoms with Crippen LogP contribution >= 0.6 is 0 Å². The van der Waals surface area contributed by atoms with Crippen molar-refractivity contribution in [2.24, 2.45) is 0 Å². The molecule has 1 rings (SSSR count). The fourth-order valence-corrected chi connectivity index (χ4v) is 0.971. The Morgan fingerprint density at radius 2 is 2.29 bits per heavy atom. The van der Waals surface area contributed by atoms with Gasteiger partial charge in [-0.1, -0.05) is 6.07 Å². The van der Waals surface area contributed by atoms with E-state index in [4.69, 9.17) is 4.74 Å². The third-order valence-corrected chi connectivity index (χ3v) is 1.58. The Labute approximate surface area is 82.5 Å². The van der Waals surface area contributed by atoms with E-state index >= 15 is 0 Å². The summed E-state index contributed by atoms with van der Waals surface area (Å²) < 4.78 is 4.85. The third kappa shape index (κ3) is 2.81. The zero-order valence-electron chi connectivity index (χ0n) is 8.18. The maximum Gasteiger partial charge on any atom is 0.339 e. The number of hydrogen-bond acceptors (Lipinski definition) is 4. The number of pyridine rings is 1. The van der Waals surface area contributed by atoms with Gasteiger partial charge in [-0.05, 0) is 19.9 Å². The van der Waals surface area contributed by atoms with Crippen LogP contribution in [0.4, 0.5) is 0 Å². The molecule has 1 N–H and O–H groups in total. The molecule has 0 aliphatic carbocycles. The maximum absolute atomic E-state index is 11.3. The van der Waals surface area contributed by atoms with Crippen LogP contribution < -0.4 is 0 Å². The lowest BCUT2D eigenvalue weighted by Crippen LogP contribution is -2.19. The van der Waals surface area contributed by atoms with Crippen LogP contribution in [-0.2, 0) is 9.53 Å². The quantitative estimate of drug-likeness (QED) is 0.733. The normalized spacial score (nSPS) is 12.6. The SMILES string of the molecule is CC(C)OC(=O)C(O)c1cccnc1. The van der Waals surface area contributed by atoms with E-state index < -0.39 is 12.1 Å². The number of rotatable bonds is 3. The van der Waals surface area contributed by atoms with Gasteiger partial charge in [0.15, 0.2) is 6.10 Å². The van der Waals surface area contributed by atoms with Gasteiger partial charge < -0.3 is 9.84 Å². The van der Waals surface area contributed by atoms with Gasteiger partial charge in [0.05, 0.1) is 6.10 Å². The highest BCUT2D eigenvalue weighted by molar-refractivity contribution is 5.76. The molecule has 0 aliphatic rings. The summed E-state index contributed by atoms with van der Waals surface area (Å²) in [5.41, 5.74) is 0.443. The van der Waals surface area contributed by atoms with Gasteiger partial charge in [0.1, 0.15) is 0 Å². The molecule has 0 radical (unpaired) electrons. The first-order chi connectivity index (χ1) is 6.61. The third-order valence-electron chi connectivity index (χ3n) is 1.58. The molecular formula is C10H13NO3. The van der Waals surface area contributed by atoms with E-state index in [1.165, 1.54) is 6.20 Å². The van der Waals surface area contributed by atoms with Crippen molar-refractivity contribution in [3.63, 3.8) is 0 Å². The van der Waals surface area contributed by atoms with E-state index in [0.717, 1.165) is 0 Å². The van der Waals surface area contributed by atoms with Gasteiger partial charge in [0.25, 0.3) is 0 Å². The molecule has 0 saturated heterocycles. The Morgan fingerprint density at radius 1 is 1.57 bits per heavy atom. The highest BCUT2D eigenvalue weighted by atomic mass is 16.6. The van der Waals surface area contributed by atoms with Crippen LogP contribution in [0, 0.1) is 0 Å². The predicted molar refractivity (Wildman–Crippen MR) is 50.4 cm³/mol. The molecule has 0 amide bonds. The second-order valence-electron chi connectivity index (χ2n) is 3.17. The van der Waals surface area contributed by atoms with Crippen molar-refractivity contribution in [1.82, 2.24) is 4.98 Å². The summed E-state index contributed by atoms with van der Waals surface area (Å²) in [4.78, 5) is 15.1. The monoisotopic (exact) mass is 195 g/mol. The Hall–Kier alpha value is -1.42. The van der Waals surface area contributed by atoms with Crippen LogP contribution in [0.2, 0.25) is 0 Å². The van der Waals surface area contributed by atoms with Gasteiger partial charge in [-0.25, -0.2) is 4.79 Å². The smallest absolute Gasteiger partial charge is 0.339 e. The molecule has 0 saturated carbocycles. The zero-order chi connectivity index (χ0) is 10.6. The van der Waals surface area contributed by atoms with Crippen LogP contribution in [0.15, 0.2) is 24.5 Å². The first-order valence-corrected chi connectivity index (χ1v) is 4.39. The van der Waals surface area contributed by atoms with Gasteiger partial charge >= 0.3 is 5.97 Å². The summed E-state index contributed by atoms with van der Waals surface area (Å²) in [6, 6.07) is 3.28. The maximum atomic E-state index is 11.3. The Bertz CT molecular complexity index is 297. The number of hydrogen-bond donors (Lipinski definition) is 1. The van der Waals surface area contributed by atoms with Gasteiger partial charge in [0, 0.05) is 18.0 Å². The summed E-state index contributed by atoms with van der Waals surface area (Å²) in [5, 5.41) is 9.52. The minimum absolute atomic E-state index is 0.228. The fraction of sp³-hybridized carbons (Fsp3) is 0.400. The minimum atomic E-state index is -1.24. The van der Waals surface area contributed by atoms with E-state index in [9.17, 15) is 9.90 Å². The molecule has 76 valence electrons. The van der Waals surface area contributed by atoms with Gasteiger partial charge in [-0.15, -0.1) is 0 Å². The van der Waals surface area contributed by atoms with Crippen molar-refractivity contribution in [3.05, 3.63) is 30.1 Å². The Balaban J connectivity index is 2.66. The second kappa shape index (κ2) is 4.72. The Kier molecular flexibility index (Phi) is 3.59. The molecule has 0 aromatic carbocycles. The summed E-state index contributed by atoms with van der Waals surface area (Å²) in [5.74, 6) is -0.645. The highest BCUT2D eigenvalue weighted by Crippen LogP contribution is 2.13. The van der Waals surface area contributed by atoms with E-state index in [0.29, 0.717) is 5.56 Å². The molecule has 4 heteroatoms. The standard InChI is InChI=1S/C10H13NO3/c1-7(2)14-10(13)9(12)8-4-3-5-11-6-8/h3-7,9,12H,1-2H3. The fourth-order valence-electron chi connectivity index (χ4n) is 0.971. The molecule has 1 unspecified atom stereocenters. The molecule has 0 spiro atoms. The largest absolute Gasteiger partial charge is 0.461 e. The summed E-state index contributed by atoms with van der Waals surface area (Å²) in [7, 11) is 0. The molecular weight excluding hydrogens is 182 g/mol. The van der Waals surface area contributed by atoms with E-state index in [1.807, 2.05) is 0 Å². The molecule has 1 aromatic rings. The van der Waals surface area contributed by atoms with E-state index in [1.54, 1.807) is 32.2 Å². The number of esters is 1. The number of aliphatic hydroxyl groups excluding tert-OH is 1.